The smallest absolute Gasteiger partial charge is 0.317 e. The maximum absolute atomic E-state index is 12.3. The Morgan fingerprint density at radius 1 is 1.50 bits per heavy atom. The largest absolute Gasteiger partial charge is 0.492 e. The molecule has 9 nitrogen and oxygen atoms in total. The third-order valence-electron chi connectivity index (χ3n) is 4.84. The number of carbonyl (C=O) groups is 1. The molecule has 1 unspecified atom stereocenters. The molecular formula is C18H29N5O4S. The Bertz CT molecular complexity index is 743. The van der Waals surface area contributed by atoms with Gasteiger partial charge in [-0.15, -0.1) is 4.40 Å². The van der Waals surface area contributed by atoms with Crippen molar-refractivity contribution in [3.8, 4) is 5.75 Å². The topological polar surface area (TPSA) is 132 Å². The highest BCUT2D eigenvalue weighted by atomic mass is 32.3. The van der Waals surface area contributed by atoms with Crippen molar-refractivity contribution in [1.82, 2.24) is 10.2 Å². The van der Waals surface area contributed by atoms with E-state index in [4.69, 9.17) is 10.5 Å². The second kappa shape index (κ2) is 8.89. The molecule has 0 saturated carbocycles. The van der Waals surface area contributed by atoms with Gasteiger partial charge in [0.05, 0.1) is 17.9 Å². The van der Waals surface area contributed by atoms with Crippen LogP contribution in [0.1, 0.15) is 38.2 Å². The van der Waals surface area contributed by atoms with Crippen LogP contribution in [0.5, 0.6) is 5.75 Å². The van der Waals surface area contributed by atoms with Gasteiger partial charge in [-0.1, -0.05) is 19.4 Å². The molecule has 2 amide bonds. The van der Waals surface area contributed by atoms with Gasteiger partial charge in [-0.3, -0.25) is 13.8 Å². The number of anilines is 1. The molecule has 1 fully saturated rings. The van der Waals surface area contributed by atoms with E-state index in [-0.39, 0.29) is 17.8 Å². The van der Waals surface area contributed by atoms with Crippen molar-refractivity contribution in [2.24, 2.45) is 16.0 Å². The van der Waals surface area contributed by atoms with Gasteiger partial charge in [0, 0.05) is 25.6 Å². The van der Waals surface area contributed by atoms with Crippen LogP contribution in [0.25, 0.3) is 0 Å². The number of ether oxygens (including phenoxy) is 1. The van der Waals surface area contributed by atoms with Crippen LogP contribution < -0.4 is 20.5 Å². The minimum absolute atomic E-state index is 0.0129. The first-order chi connectivity index (χ1) is 13.4. The molecular weight excluding hydrogens is 382 g/mol. The van der Waals surface area contributed by atoms with Crippen molar-refractivity contribution < 1.29 is 18.6 Å². The lowest BCUT2D eigenvalue weighted by atomic mass is 9.99. The average Bonchev–Trinajstić information content (AvgIpc) is 2.65. The van der Waals surface area contributed by atoms with Gasteiger partial charge < -0.3 is 20.7 Å². The molecule has 0 aliphatic carbocycles. The summed E-state index contributed by atoms with van der Waals surface area (Å²) in [7, 11) is -3.32. The number of hydrogen-bond donors (Lipinski definition) is 5. The quantitative estimate of drug-likeness (QED) is 0.457. The van der Waals surface area contributed by atoms with Crippen LogP contribution in [0.15, 0.2) is 22.6 Å². The van der Waals surface area contributed by atoms with Crippen LogP contribution in [-0.4, -0.2) is 52.1 Å². The summed E-state index contributed by atoms with van der Waals surface area (Å²) in [6, 6.07) is 5.21. The molecule has 3 rings (SSSR count). The van der Waals surface area contributed by atoms with Crippen molar-refractivity contribution in [1.29, 1.82) is 0 Å². The molecule has 0 radical (unpaired) electrons. The number of unbranched alkanes of at least 4 members (excludes halogenated alkanes) is 1. The lowest BCUT2D eigenvalue weighted by Crippen LogP contribution is -2.46. The Hall–Kier alpha value is -2.17. The maximum Gasteiger partial charge on any atom is 0.317 e. The van der Waals surface area contributed by atoms with E-state index >= 15 is 0 Å². The molecule has 6 N–H and O–H groups in total. The van der Waals surface area contributed by atoms with Gasteiger partial charge in [0.2, 0.25) is 0 Å². The van der Waals surface area contributed by atoms with Crippen LogP contribution in [-0.2, 0) is 0 Å². The van der Waals surface area contributed by atoms with Gasteiger partial charge >= 0.3 is 6.03 Å². The van der Waals surface area contributed by atoms with Gasteiger partial charge in [-0.05, 0) is 42.4 Å². The molecule has 1 saturated heterocycles. The van der Waals surface area contributed by atoms with Gasteiger partial charge in [-0.2, -0.15) is 0 Å². The average molecular weight is 412 g/mol. The number of piperidine rings is 1. The Morgan fingerprint density at radius 2 is 2.32 bits per heavy atom. The number of benzene rings is 1. The number of likely N-dealkylation sites (tertiary alicyclic amines) is 1. The summed E-state index contributed by atoms with van der Waals surface area (Å²) in [6.07, 6.45) is 3.95. The van der Waals surface area contributed by atoms with Crippen LogP contribution in [0, 0.1) is 5.92 Å². The van der Waals surface area contributed by atoms with Gasteiger partial charge in [-0.25, -0.2) is 4.79 Å². The van der Waals surface area contributed by atoms with E-state index in [0.717, 1.165) is 32.2 Å². The first-order valence-electron chi connectivity index (χ1n) is 9.60. The first kappa shape index (κ1) is 20.6. The summed E-state index contributed by atoms with van der Waals surface area (Å²) in [6.45, 7) is 4.65. The molecule has 1 atom stereocenters. The summed E-state index contributed by atoms with van der Waals surface area (Å²) in [5, 5.41) is 2.96. The molecule has 0 aromatic heterocycles. The van der Waals surface area contributed by atoms with Gasteiger partial charge in [0.15, 0.2) is 5.84 Å². The number of nitrogens with two attached hydrogens (primary N) is 1. The van der Waals surface area contributed by atoms with E-state index < -0.39 is 11.0 Å². The predicted molar refractivity (Wildman–Crippen MR) is 112 cm³/mol. The normalized spacial score (nSPS) is 21.8. The number of hydrogen-bond acceptors (Lipinski definition) is 7. The van der Waals surface area contributed by atoms with E-state index in [1.807, 2.05) is 4.90 Å². The number of nitrogens with zero attached hydrogens (tertiary/aromatic N) is 2. The Labute approximate surface area is 167 Å². The second-order valence-corrected chi connectivity index (χ2v) is 8.55. The minimum Gasteiger partial charge on any atom is -0.492 e. The summed E-state index contributed by atoms with van der Waals surface area (Å²) in [5.74, 6) is 0.784. The number of nitrogens with one attached hydrogen (secondary N) is 2. The number of carbonyl (C=O) groups excluding carboxylic acids is 1. The van der Waals surface area contributed by atoms with Crippen molar-refractivity contribution in [2.45, 2.75) is 32.6 Å². The van der Waals surface area contributed by atoms with E-state index in [0.29, 0.717) is 36.7 Å². The third kappa shape index (κ3) is 5.00. The molecule has 2 aliphatic rings. The highest BCUT2D eigenvalue weighted by molar-refractivity contribution is 8.24. The molecule has 2 aliphatic heterocycles. The zero-order chi connectivity index (χ0) is 20.1. The number of rotatable bonds is 6. The van der Waals surface area contributed by atoms with E-state index in [9.17, 15) is 13.9 Å². The Balaban J connectivity index is 1.60. The standard InChI is InChI=1S/C18H29N5O4S/c1-2-3-9-20-18(24)23-10-5-6-13(11-23)12-27-15-8-4-7-14-16(15)17(19)22-28(25,26)21-14/h4,7-8,13,21,25-26H,2-3,5-6,9-12H2,1H3,(H2,19,22)(H,20,24). The second-order valence-electron chi connectivity index (χ2n) is 7.13. The van der Waals surface area contributed by atoms with Gasteiger partial charge in [0.1, 0.15) is 5.75 Å². The van der Waals surface area contributed by atoms with Crippen molar-refractivity contribution >= 4 is 28.5 Å². The lowest BCUT2D eigenvalue weighted by Gasteiger charge is -2.34. The SMILES string of the molecule is CCCCNC(=O)N1CCCC(COc2cccc3c2C(N)=NS(O)(O)N3)C1. The van der Waals surface area contributed by atoms with Gasteiger partial charge in [0.25, 0.3) is 0 Å². The van der Waals surface area contributed by atoms with Crippen LogP contribution in [0.4, 0.5) is 10.5 Å². The number of amides is 2. The summed E-state index contributed by atoms with van der Waals surface area (Å²) in [5.41, 5.74) is 6.92. The fourth-order valence-electron chi connectivity index (χ4n) is 3.43. The first-order valence-corrected chi connectivity index (χ1v) is 11.1. The highest BCUT2D eigenvalue weighted by Gasteiger charge is 2.27. The molecule has 0 spiro atoms. The number of urea groups is 1. The number of fused-ring (bicyclic) bond motifs is 1. The molecule has 0 bridgehead atoms. The van der Waals surface area contributed by atoms with E-state index in [1.165, 1.54) is 0 Å². The Kier molecular flexibility index (Phi) is 6.53. The number of amidine groups is 1. The zero-order valence-electron chi connectivity index (χ0n) is 16.1. The predicted octanol–water partition coefficient (Wildman–Crippen LogP) is 3.00. The monoisotopic (exact) mass is 411 g/mol. The molecule has 156 valence electrons. The lowest BCUT2D eigenvalue weighted by molar-refractivity contribution is 0.137. The fourth-order valence-corrected chi connectivity index (χ4v) is 4.31. The van der Waals surface area contributed by atoms with Crippen molar-refractivity contribution in [3.63, 3.8) is 0 Å². The summed E-state index contributed by atoms with van der Waals surface area (Å²) >= 11 is 0. The van der Waals surface area contributed by atoms with Crippen LogP contribution in [0.3, 0.4) is 0 Å². The van der Waals surface area contributed by atoms with Crippen LogP contribution >= 0.6 is 11.0 Å². The molecule has 28 heavy (non-hydrogen) atoms. The minimum atomic E-state index is -3.32. The van der Waals surface area contributed by atoms with Crippen molar-refractivity contribution in [2.75, 3.05) is 31.0 Å². The van der Waals surface area contributed by atoms with Crippen molar-refractivity contribution in [3.05, 3.63) is 23.8 Å². The summed E-state index contributed by atoms with van der Waals surface area (Å²) in [4.78, 5) is 14.1. The third-order valence-corrected chi connectivity index (χ3v) is 5.79. The molecule has 1 aromatic rings. The molecule has 1 aromatic carbocycles. The zero-order valence-corrected chi connectivity index (χ0v) is 16.9. The molecule has 10 heteroatoms. The highest BCUT2D eigenvalue weighted by Crippen LogP contribution is 2.46. The maximum atomic E-state index is 12.3. The summed E-state index contributed by atoms with van der Waals surface area (Å²) < 4.78 is 31.8. The molecule has 2 heterocycles. The van der Waals surface area contributed by atoms with Crippen LogP contribution in [0.2, 0.25) is 0 Å². The fraction of sp³-hybridized carbons (Fsp3) is 0.556. The van der Waals surface area contributed by atoms with E-state index in [1.54, 1.807) is 18.2 Å². The Morgan fingerprint density at radius 3 is 3.11 bits per heavy atom. The van der Waals surface area contributed by atoms with E-state index in [2.05, 4.69) is 21.4 Å².